The van der Waals surface area contributed by atoms with Gasteiger partial charge in [0.05, 0.1) is 59.7 Å². The van der Waals surface area contributed by atoms with Crippen LogP contribution in [0.1, 0.15) is 17.0 Å². The van der Waals surface area contributed by atoms with Gasteiger partial charge in [-0.15, -0.1) is 0 Å². The fourth-order valence-electron chi connectivity index (χ4n) is 4.01. The second-order valence-electron chi connectivity index (χ2n) is 7.53. The zero-order chi connectivity index (χ0) is 25.5. The van der Waals surface area contributed by atoms with E-state index in [0.717, 1.165) is 11.3 Å². The van der Waals surface area contributed by atoms with Crippen LogP contribution < -0.4 is 18.9 Å². The highest BCUT2D eigenvalue weighted by Crippen LogP contribution is 2.48. The van der Waals surface area contributed by atoms with E-state index in [1.54, 1.807) is 36.5 Å². The van der Waals surface area contributed by atoms with Crippen LogP contribution in [0.2, 0.25) is 0 Å². The Morgan fingerprint density at radius 1 is 0.714 bits per heavy atom. The van der Waals surface area contributed by atoms with Crippen molar-refractivity contribution in [2.45, 2.75) is 12.5 Å². The lowest BCUT2D eigenvalue weighted by Crippen LogP contribution is -2.29. The highest BCUT2D eigenvalue weighted by molar-refractivity contribution is 5.99. The lowest BCUT2D eigenvalue weighted by atomic mass is 9.82. The molecule has 2 aromatic rings. The zero-order valence-corrected chi connectivity index (χ0v) is 20.6. The molecule has 0 N–H and O–H groups in total. The molecule has 1 heterocycles. The molecule has 0 bridgehead atoms. The number of esters is 2. The number of hydrogen-bond acceptors (Lipinski definition) is 9. The van der Waals surface area contributed by atoms with Crippen molar-refractivity contribution in [3.8, 4) is 23.0 Å². The van der Waals surface area contributed by atoms with E-state index in [-0.39, 0.29) is 11.1 Å². The van der Waals surface area contributed by atoms with Crippen molar-refractivity contribution in [2.24, 2.45) is 0 Å². The van der Waals surface area contributed by atoms with Gasteiger partial charge in [-0.2, -0.15) is 0 Å². The molecule has 0 atom stereocenters. The van der Waals surface area contributed by atoms with E-state index in [2.05, 4.69) is 0 Å². The Labute approximate surface area is 204 Å². The second-order valence-corrected chi connectivity index (χ2v) is 7.53. The van der Waals surface area contributed by atoms with Crippen LogP contribution in [0.4, 0.5) is 0 Å². The summed E-state index contributed by atoms with van der Waals surface area (Å²) in [5.41, 5.74) is 1.92. The molecule has 0 radical (unpaired) electrons. The van der Waals surface area contributed by atoms with Gasteiger partial charge in [-0.1, -0.05) is 18.2 Å². The molecule has 186 valence electrons. The first kappa shape index (κ1) is 25.5. The monoisotopic (exact) mass is 483 g/mol. The average Bonchev–Trinajstić information content (AvgIpc) is 2.91. The summed E-state index contributed by atoms with van der Waals surface area (Å²) >= 11 is 0. The molecule has 9 nitrogen and oxygen atoms in total. The van der Waals surface area contributed by atoms with E-state index >= 15 is 0 Å². The molecule has 1 aliphatic rings. The minimum atomic E-state index is -0.836. The number of rotatable bonds is 9. The van der Waals surface area contributed by atoms with Crippen LogP contribution in [0.15, 0.2) is 59.9 Å². The number of benzene rings is 2. The highest BCUT2D eigenvalue weighted by atomic mass is 16.5. The predicted octanol–water partition coefficient (Wildman–Crippen LogP) is 3.43. The molecule has 0 fully saturated rings. The SMILES string of the molecule is COC(=O)C1=CN(Cc2ccc(OC)cc2)C=C(C(=O)OC)C1c1ccc(OC)c(OC)c1OC. The number of hydrogen-bond donors (Lipinski definition) is 0. The molecular weight excluding hydrogens is 454 g/mol. The van der Waals surface area contributed by atoms with E-state index < -0.39 is 17.9 Å². The van der Waals surface area contributed by atoms with Crippen LogP contribution in [0.3, 0.4) is 0 Å². The highest BCUT2D eigenvalue weighted by Gasteiger charge is 2.38. The van der Waals surface area contributed by atoms with E-state index in [1.165, 1.54) is 35.5 Å². The molecular formula is C26H29NO8. The summed E-state index contributed by atoms with van der Waals surface area (Å²) in [5.74, 6) is -0.201. The van der Waals surface area contributed by atoms with Gasteiger partial charge in [-0.05, 0) is 23.8 Å². The largest absolute Gasteiger partial charge is 0.497 e. The van der Waals surface area contributed by atoms with Gasteiger partial charge in [0.1, 0.15) is 5.75 Å². The summed E-state index contributed by atoms with van der Waals surface area (Å²) in [6, 6.07) is 10.9. The van der Waals surface area contributed by atoms with Gasteiger partial charge in [-0.25, -0.2) is 9.59 Å². The Morgan fingerprint density at radius 3 is 1.74 bits per heavy atom. The van der Waals surface area contributed by atoms with Gasteiger partial charge in [0, 0.05) is 24.5 Å². The summed E-state index contributed by atoms with van der Waals surface area (Å²) < 4.78 is 31.9. The Balaban J connectivity index is 2.16. The molecule has 0 saturated heterocycles. The molecule has 1 aliphatic heterocycles. The maximum atomic E-state index is 13.0. The fourth-order valence-corrected chi connectivity index (χ4v) is 4.01. The van der Waals surface area contributed by atoms with Gasteiger partial charge in [0.15, 0.2) is 11.5 Å². The van der Waals surface area contributed by atoms with E-state index in [1.807, 2.05) is 24.3 Å². The molecule has 0 saturated carbocycles. The van der Waals surface area contributed by atoms with Gasteiger partial charge in [0.2, 0.25) is 5.75 Å². The van der Waals surface area contributed by atoms with Gasteiger partial charge < -0.3 is 33.3 Å². The Hall–Kier alpha value is -4.14. The molecule has 0 spiro atoms. The van der Waals surface area contributed by atoms with Crippen LogP contribution in [0.25, 0.3) is 0 Å². The molecule has 0 unspecified atom stereocenters. The second kappa shape index (κ2) is 11.3. The first-order valence-electron chi connectivity index (χ1n) is 10.7. The molecule has 0 aliphatic carbocycles. The molecule has 0 amide bonds. The minimum Gasteiger partial charge on any atom is -0.497 e. The number of ether oxygens (including phenoxy) is 6. The van der Waals surface area contributed by atoms with Crippen LogP contribution in [-0.4, -0.2) is 59.5 Å². The van der Waals surface area contributed by atoms with Crippen LogP contribution >= 0.6 is 0 Å². The molecule has 35 heavy (non-hydrogen) atoms. The maximum Gasteiger partial charge on any atom is 0.336 e. The molecule has 0 aromatic heterocycles. The lowest BCUT2D eigenvalue weighted by molar-refractivity contribution is -0.137. The van der Waals surface area contributed by atoms with Crippen molar-refractivity contribution in [2.75, 3.05) is 42.7 Å². The first-order valence-corrected chi connectivity index (χ1v) is 10.7. The first-order chi connectivity index (χ1) is 16.9. The quantitative estimate of drug-likeness (QED) is 0.497. The molecule has 2 aromatic carbocycles. The van der Waals surface area contributed by atoms with Crippen molar-refractivity contribution in [1.29, 1.82) is 0 Å². The number of nitrogens with zero attached hydrogens (tertiary/aromatic N) is 1. The minimum absolute atomic E-state index is 0.231. The van der Waals surface area contributed by atoms with Crippen molar-refractivity contribution in [1.82, 2.24) is 4.90 Å². The Bertz CT molecular complexity index is 1100. The summed E-state index contributed by atoms with van der Waals surface area (Å²) in [4.78, 5) is 27.7. The van der Waals surface area contributed by atoms with Gasteiger partial charge in [-0.3, -0.25) is 0 Å². The van der Waals surface area contributed by atoms with E-state index in [9.17, 15) is 9.59 Å². The summed E-state index contributed by atoms with van der Waals surface area (Å²) in [7, 11) is 8.64. The van der Waals surface area contributed by atoms with E-state index in [4.69, 9.17) is 28.4 Å². The van der Waals surface area contributed by atoms with Crippen molar-refractivity contribution >= 4 is 11.9 Å². The van der Waals surface area contributed by atoms with Crippen LogP contribution in [-0.2, 0) is 25.6 Å². The third-order valence-electron chi connectivity index (χ3n) is 5.64. The van der Waals surface area contributed by atoms with Gasteiger partial charge >= 0.3 is 11.9 Å². The lowest BCUT2D eigenvalue weighted by Gasteiger charge is -2.31. The summed E-state index contributed by atoms with van der Waals surface area (Å²) in [6.45, 7) is 0.390. The fraction of sp³-hybridized carbons (Fsp3) is 0.308. The Kier molecular flexibility index (Phi) is 8.25. The third-order valence-corrected chi connectivity index (χ3v) is 5.64. The number of methoxy groups -OCH3 is 6. The predicted molar refractivity (Wildman–Crippen MR) is 128 cm³/mol. The van der Waals surface area contributed by atoms with Gasteiger partial charge in [0.25, 0.3) is 0 Å². The van der Waals surface area contributed by atoms with Crippen LogP contribution in [0, 0.1) is 0 Å². The molecule has 3 rings (SSSR count). The van der Waals surface area contributed by atoms with E-state index in [0.29, 0.717) is 29.4 Å². The van der Waals surface area contributed by atoms with Crippen molar-refractivity contribution in [3.63, 3.8) is 0 Å². The standard InChI is InChI=1S/C26H29NO8/c1-30-17-9-7-16(8-10-17)13-27-14-19(25(28)34-5)22(20(15-27)26(29)35-6)18-11-12-21(31-2)24(33-4)23(18)32-3/h7-12,14-15,22H,13H2,1-6H3. The van der Waals surface area contributed by atoms with Crippen molar-refractivity contribution < 1.29 is 38.0 Å². The molecule has 9 heteroatoms. The third kappa shape index (κ3) is 5.18. The number of carbonyl (C=O) groups excluding carboxylic acids is 2. The summed E-state index contributed by atoms with van der Waals surface area (Å²) in [6.07, 6.45) is 3.31. The van der Waals surface area contributed by atoms with Crippen molar-refractivity contribution in [3.05, 3.63) is 71.1 Å². The Morgan fingerprint density at radius 2 is 1.29 bits per heavy atom. The topological polar surface area (TPSA) is 92.8 Å². The number of carbonyl (C=O) groups is 2. The summed E-state index contributed by atoms with van der Waals surface area (Å²) in [5, 5.41) is 0. The maximum absolute atomic E-state index is 13.0. The smallest absolute Gasteiger partial charge is 0.336 e. The van der Waals surface area contributed by atoms with Crippen LogP contribution in [0.5, 0.6) is 23.0 Å². The normalized spacial score (nSPS) is 13.4. The zero-order valence-electron chi connectivity index (χ0n) is 20.6. The average molecular weight is 484 g/mol.